The average molecular weight is 553 g/mol. The Balaban J connectivity index is 1.52. The van der Waals surface area contributed by atoms with E-state index < -0.39 is 0 Å². The number of hydrogen-bond acceptors (Lipinski definition) is 6. The standard InChI is InChI=1S/C33H36N4O4/c1-5-29(38)26-20-28-27(19-21(26)2)30(32(39)35-28)31(22-9-7-6-8-10-22)34-24-13-11-23(12-14-24)33(40)37(41-4)25-15-17-36(3)18-16-25/h6-14,19-20,25,35,39H,5,15-18H2,1-4H3. The number of hydrogen-bond donors (Lipinski definition) is 2. The monoisotopic (exact) mass is 552 g/mol. The first kappa shape index (κ1) is 28.3. The zero-order chi connectivity index (χ0) is 29.1. The van der Waals surface area contributed by atoms with Gasteiger partial charge in [-0.2, -0.15) is 0 Å². The van der Waals surface area contributed by atoms with Crippen LogP contribution in [0.1, 0.15) is 63.6 Å². The lowest BCUT2D eigenvalue weighted by atomic mass is 9.96. The average Bonchev–Trinajstić information content (AvgIpc) is 3.31. The summed E-state index contributed by atoms with van der Waals surface area (Å²) in [5.41, 5.74) is 5.24. The molecule has 1 aliphatic rings. The van der Waals surface area contributed by atoms with Gasteiger partial charge in [0.2, 0.25) is 0 Å². The number of carbonyl (C=O) groups is 2. The third-order valence-corrected chi connectivity index (χ3v) is 7.80. The third-order valence-electron chi connectivity index (χ3n) is 7.80. The van der Waals surface area contributed by atoms with E-state index in [9.17, 15) is 14.7 Å². The highest BCUT2D eigenvalue weighted by Gasteiger charge is 2.28. The number of aromatic hydroxyl groups is 1. The second kappa shape index (κ2) is 12.1. The Bertz CT molecular complexity index is 1580. The summed E-state index contributed by atoms with van der Waals surface area (Å²) in [6.45, 7) is 5.58. The molecule has 4 aromatic rings. The minimum Gasteiger partial charge on any atom is -0.494 e. The minimum absolute atomic E-state index is 0.0243. The van der Waals surface area contributed by atoms with Crippen LogP contribution in [0.4, 0.5) is 5.69 Å². The Morgan fingerprint density at radius 3 is 2.37 bits per heavy atom. The number of ketones is 1. The summed E-state index contributed by atoms with van der Waals surface area (Å²) in [5.74, 6) is -0.152. The lowest BCUT2D eigenvalue weighted by molar-refractivity contribution is -0.132. The topological polar surface area (TPSA) is 98.2 Å². The van der Waals surface area contributed by atoms with Crippen molar-refractivity contribution in [3.05, 3.63) is 94.5 Å². The molecular weight excluding hydrogens is 516 g/mol. The van der Waals surface area contributed by atoms with Crippen LogP contribution in [0.2, 0.25) is 0 Å². The van der Waals surface area contributed by atoms with Crippen LogP contribution in [0.15, 0.2) is 71.7 Å². The minimum atomic E-state index is -0.178. The Kier molecular flexibility index (Phi) is 8.33. The molecule has 2 N–H and O–H groups in total. The molecule has 3 aromatic carbocycles. The van der Waals surface area contributed by atoms with E-state index >= 15 is 0 Å². The largest absolute Gasteiger partial charge is 0.494 e. The van der Waals surface area contributed by atoms with Gasteiger partial charge >= 0.3 is 0 Å². The molecule has 2 heterocycles. The van der Waals surface area contributed by atoms with Crippen molar-refractivity contribution in [3.8, 4) is 5.88 Å². The van der Waals surface area contributed by atoms with Crippen molar-refractivity contribution in [2.24, 2.45) is 4.99 Å². The first-order valence-corrected chi connectivity index (χ1v) is 14.0. The normalized spacial score (nSPS) is 14.9. The quantitative estimate of drug-likeness (QED) is 0.158. The molecule has 1 fully saturated rings. The molecule has 1 aliphatic heterocycles. The number of rotatable bonds is 8. The van der Waals surface area contributed by atoms with Crippen LogP contribution in [-0.2, 0) is 4.84 Å². The second-order valence-corrected chi connectivity index (χ2v) is 10.6. The number of nitrogens with one attached hydrogen (secondary N) is 1. The smallest absolute Gasteiger partial charge is 0.277 e. The van der Waals surface area contributed by atoms with Crippen molar-refractivity contribution in [1.29, 1.82) is 0 Å². The summed E-state index contributed by atoms with van der Waals surface area (Å²) in [4.78, 5) is 41.6. The van der Waals surface area contributed by atoms with Crippen LogP contribution in [0.3, 0.4) is 0 Å². The third kappa shape index (κ3) is 5.80. The van der Waals surface area contributed by atoms with Gasteiger partial charge in [0.1, 0.15) is 0 Å². The number of carbonyl (C=O) groups excluding carboxylic acids is 2. The molecule has 0 unspecified atom stereocenters. The van der Waals surface area contributed by atoms with Gasteiger partial charge in [-0.05, 0) is 81.9 Å². The van der Waals surface area contributed by atoms with Crippen LogP contribution >= 0.6 is 0 Å². The van der Waals surface area contributed by atoms with Crippen molar-refractivity contribution in [3.63, 3.8) is 0 Å². The Hall–Kier alpha value is -4.27. The number of nitrogens with zero attached hydrogens (tertiary/aromatic N) is 3. The van der Waals surface area contributed by atoms with Crippen molar-refractivity contribution >= 4 is 34.0 Å². The van der Waals surface area contributed by atoms with Gasteiger partial charge < -0.3 is 15.0 Å². The van der Waals surface area contributed by atoms with E-state index in [4.69, 9.17) is 9.83 Å². The van der Waals surface area contributed by atoms with Gasteiger partial charge in [-0.1, -0.05) is 37.3 Å². The molecule has 1 saturated heterocycles. The van der Waals surface area contributed by atoms with E-state index in [-0.39, 0.29) is 23.6 Å². The Labute approximate surface area is 240 Å². The van der Waals surface area contributed by atoms with Crippen LogP contribution in [0.5, 0.6) is 5.88 Å². The summed E-state index contributed by atoms with van der Waals surface area (Å²) in [5, 5.41) is 13.3. The van der Waals surface area contributed by atoms with Gasteiger partial charge in [-0.25, -0.2) is 10.1 Å². The van der Waals surface area contributed by atoms with E-state index in [1.807, 2.05) is 50.2 Å². The maximum atomic E-state index is 13.3. The zero-order valence-corrected chi connectivity index (χ0v) is 24.0. The number of Topliss-reactive ketones (excluding diaryl/α,β-unsaturated/α-hetero) is 1. The number of aromatic amines is 1. The summed E-state index contributed by atoms with van der Waals surface area (Å²) in [6.07, 6.45) is 2.13. The van der Waals surface area contributed by atoms with Gasteiger partial charge in [0.05, 0.1) is 30.1 Å². The van der Waals surface area contributed by atoms with Crippen molar-refractivity contribution in [1.82, 2.24) is 14.9 Å². The molecule has 1 amide bonds. The predicted octanol–water partition coefficient (Wildman–Crippen LogP) is 6.04. The number of aryl methyl sites for hydroxylation is 1. The van der Waals surface area contributed by atoms with Crippen LogP contribution in [-0.4, -0.2) is 70.7 Å². The molecule has 212 valence electrons. The number of aliphatic imine (C=N–C) groups is 1. The maximum absolute atomic E-state index is 13.3. The predicted molar refractivity (Wildman–Crippen MR) is 161 cm³/mol. The molecule has 41 heavy (non-hydrogen) atoms. The number of piperidine rings is 1. The number of amides is 1. The maximum Gasteiger partial charge on any atom is 0.277 e. The van der Waals surface area contributed by atoms with Crippen LogP contribution in [0, 0.1) is 6.92 Å². The first-order valence-electron chi connectivity index (χ1n) is 14.0. The molecule has 5 rings (SSSR count). The highest BCUT2D eigenvalue weighted by Crippen LogP contribution is 2.33. The summed E-state index contributed by atoms with van der Waals surface area (Å²) < 4.78 is 0. The highest BCUT2D eigenvalue weighted by molar-refractivity contribution is 6.22. The van der Waals surface area contributed by atoms with Crippen LogP contribution in [0.25, 0.3) is 10.9 Å². The van der Waals surface area contributed by atoms with E-state index in [2.05, 4.69) is 16.9 Å². The van der Waals surface area contributed by atoms with E-state index in [0.29, 0.717) is 40.0 Å². The molecule has 0 spiro atoms. The van der Waals surface area contributed by atoms with Gasteiger partial charge in [0.15, 0.2) is 11.7 Å². The highest BCUT2D eigenvalue weighted by atomic mass is 16.7. The number of aromatic nitrogens is 1. The van der Waals surface area contributed by atoms with Crippen molar-refractivity contribution in [2.45, 2.75) is 39.2 Å². The fourth-order valence-electron chi connectivity index (χ4n) is 5.49. The number of H-pyrrole nitrogens is 1. The summed E-state index contributed by atoms with van der Waals surface area (Å²) in [6, 6.07) is 20.5. The molecule has 0 saturated carbocycles. The van der Waals surface area contributed by atoms with Crippen molar-refractivity contribution in [2.75, 3.05) is 27.2 Å². The molecule has 1 aromatic heterocycles. The Morgan fingerprint density at radius 1 is 1.05 bits per heavy atom. The van der Waals surface area contributed by atoms with Crippen LogP contribution < -0.4 is 0 Å². The van der Waals surface area contributed by atoms with E-state index in [1.54, 1.807) is 30.3 Å². The number of fused-ring (bicyclic) bond motifs is 1. The summed E-state index contributed by atoms with van der Waals surface area (Å²) in [7, 11) is 3.62. The fourth-order valence-corrected chi connectivity index (χ4v) is 5.49. The Morgan fingerprint density at radius 2 is 1.73 bits per heavy atom. The molecule has 0 bridgehead atoms. The van der Waals surface area contributed by atoms with Gasteiger partial charge in [-0.3, -0.25) is 14.4 Å². The van der Waals surface area contributed by atoms with E-state index in [1.165, 1.54) is 12.2 Å². The molecule has 0 atom stereocenters. The van der Waals surface area contributed by atoms with Gasteiger partial charge in [-0.15, -0.1) is 0 Å². The zero-order valence-electron chi connectivity index (χ0n) is 24.0. The summed E-state index contributed by atoms with van der Waals surface area (Å²) >= 11 is 0. The molecule has 8 nitrogen and oxygen atoms in total. The number of benzene rings is 3. The number of hydroxylamine groups is 2. The molecular formula is C33H36N4O4. The molecule has 0 radical (unpaired) electrons. The lowest BCUT2D eigenvalue weighted by Crippen LogP contribution is -2.46. The SMILES string of the molecule is CCC(=O)c1cc2[nH]c(O)c(C(=Nc3ccc(C(=O)N(OC)C4CCN(C)CC4)cc3)c3ccccc3)c2cc1C. The second-order valence-electron chi connectivity index (χ2n) is 10.6. The van der Waals surface area contributed by atoms with Gasteiger partial charge in [0.25, 0.3) is 5.91 Å². The first-order chi connectivity index (χ1) is 19.8. The van der Waals surface area contributed by atoms with Crippen molar-refractivity contribution < 1.29 is 19.5 Å². The molecule has 0 aliphatic carbocycles. The fraction of sp³-hybridized carbons (Fsp3) is 0.303. The van der Waals surface area contributed by atoms with Gasteiger partial charge in [0, 0.05) is 34.0 Å². The number of likely N-dealkylation sites (tertiary alicyclic amines) is 1. The van der Waals surface area contributed by atoms with E-state index in [0.717, 1.165) is 42.4 Å². The lowest BCUT2D eigenvalue weighted by Gasteiger charge is -2.35. The molecule has 8 heteroatoms.